The molecule has 2 aromatic carbocycles. The Morgan fingerprint density at radius 3 is 2.62 bits per heavy atom. The Morgan fingerprint density at radius 2 is 1.83 bits per heavy atom. The molecule has 0 saturated carbocycles. The molecule has 0 fully saturated rings. The van der Waals surface area contributed by atoms with Gasteiger partial charge in [-0.1, -0.05) is 47.7 Å². The van der Waals surface area contributed by atoms with E-state index in [0.717, 1.165) is 11.3 Å². The molecule has 29 heavy (non-hydrogen) atoms. The second-order valence-electron chi connectivity index (χ2n) is 6.49. The van der Waals surface area contributed by atoms with Crippen LogP contribution in [0.4, 0.5) is 10.1 Å². The molecule has 0 bridgehead atoms. The zero-order valence-corrected chi connectivity index (χ0v) is 16.8. The Balaban J connectivity index is 1.43. The molecule has 0 atom stereocenters. The van der Waals surface area contributed by atoms with Crippen LogP contribution in [0.5, 0.6) is 0 Å². The predicted molar refractivity (Wildman–Crippen MR) is 110 cm³/mol. The molecule has 0 saturated heterocycles. The Bertz CT molecular complexity index is 1010. The second kappa shape index (κ2) is 9.88. The zero-order chi connectivity index (χ0) is 20.6. The average molecular weight is 412 g/mol. The summed E-state index contributed by atoms with van der Waals surface area (Å²) >= 11 is 1.21. The van der Waals surface area contributed by atoms with Crippen LogP contribution in [0.2, 0.25) is 0 Å². The number of amides is 2. The van der Waals surface area contributed by atoms with Gasteiger partial charge >= 0.3 is 0 Å². The molecule has 2 amide bonds. The second-order valence-corrected chi connectivity index (χ2v) is 7.55. The minimum Gasteiger partial charge on any atom is -0.352 e. The number of benzene rings is 2. The first-order chi connectivity index (χ1) is 14.0. The van der Waals surface area contributed by atoms with Crippen LogP contribution < -0.4 is 10.6 Å². The van der Waals surface area contributed by atoms with Crippen molar-refractivity contribution in [2.75, 3.05) is 5.32 Å². The number of halogens is 1. The number of anilines is 1. The first kappa shape index (κ1) is 20.6. The highest BCUT2D eigenvalue weighted by Gasteiger charge is 2.14. The third-order valence-corrected chi connectivity index (χ3v) is 5.26. The number of aryl methyl sites for hydroxylation is 2. The van der Waals surface area contributed by atoms with Gasteiger partial charge in [-0.25, -0.2) is 4.39 Å². The molecule has 1 heterocycles. The van der Waals surface area contributed by atoms with Crippen molar-refractivity contribution in [1.82, 2.24) is 15.5 Å². The third kappa shape index (κ3) is 5.92. The molecule has 8 heteroatoms. The average Bonchev–Trinajstić information content (AvgIpc) is 3.18. The Labute approximate surface area is 172 Å². The van der Waals surface area contributed by atoms with Crippen LogP contribution in [-0.2, 0) is 17.8 Å². The summed E-state index contributed by atoms with van der Waals surface area (Å²) in [5, 5.41) is 14.5. The standard InChI is InChI=1S/C21H21FN4O2S/c1-14-7-2-5-10-17(14)24-20(28)21-26-25-19(29-21)12-6-11-18(27)23-13-15-8-3-4-9-16(15)22/h2-5,7-10H,6,11-13H2,1H3,(H,23,27)(H,24,28). The Hall–Kier alpha value is -3.13. The normalized spacial score (nSPS) is 10.6. The van der Waals surface area contributed by atoms with Crippen molar-refractivity contribution in [3.8, 4) is 0 Å². The quantitative estimate of drug-likeness (QED) is 0.588. The molecule has 0 aliphatic rings. The molecule has 0 radical (unpaired) electrons. The van der Waals surface area contributed by atoms with Crippen molar-refractivity contribution in [2.24, 2.45) is 0 Å². The van der Waals surface area contributed by atoms with Crippen LogP contribution in [-0.4, -0.2) is 22.0 Å². The minimum absolute atomic E-state index is 0.157. The lowest BCUT2D eigenvalue weighted by Crippen LogP contribution is -2.23. The van der Waals surface area contributed by atoms with Crippen LogP contribution in [0.15, 0.2) is 48.5 Å². The van der Waals surface area contributed by atoms with Gasteiger partial charge < -0.3 is 10.6 Å². The summed E-state index contributed by atoms with van der Waals surface area (Å²) in [4.78, 5) is 24.2. The van der Waals surface area contributed by atoms with Gasteiger partial charge in [0, 0.05) is 30.6 Å². The fraction of sp³-hybridized carbons (Fsp3) is 0.238. The maximum absolute atomic E-state index is 13.5. The highest BCUT2D eigenvalue weighted by molar-refractivity contribution is 7.13. The highest BCUT2D eigenvalue weighted by Crippen LogP contribution is 2.17. The van der Waals surface area contributed by atoms with E-state index >= 15 is 0 Å². The van der Waals surface area contributed by atoms with Gasteiger partial charge in [0.25, 0.3) is 5.91 Å². The van der Waals surface area contributed by atoms with Crippen molar-refractivity contribution < 1.29 is 14.0 Å². The van der Waals surface area contributed by atoms with Crippen molar-refractivity contribution in [3.63, 3.8) is 0 Å². The van der Waals surface area contributed by atoms with Gasteiger partial charge in [-0.15, -0.1) is 10.2 Å². The van der Waals surface area contributed by atoms with E-state index in [1.165, 1.54) is 17.4 Å². The molecule has 3 rings (SSSR count). The van der Waals surface area contributed by atoms with E-state index in [2.05, 4.69) is 20.8 Å². The first-order valence-electron chi connectivity index (χ1n) is 9.22. The number of hydrogen-bond acceptors (Lipinski definition) is 5. The molecular weight excluding hydrogens is 391 g/mol. The van der Waals surface area contributed by atoms with Crippen molar-refractivity contribution in [2.45, 2.75) is 32.7 Å². The van der Waals surface area contributed by atoms with Crippen LogP contribution in [0.3, 0.4) is 0 Å². The van der Waals surface area contributed by atoms with Crippen LogP contribution in [0.1, 0.15) is 38.8 Å². The number of nitrogens with zero attached hydrogens (tertiary/aromatic N) is 2. The van der Waals surface area contributed by atoms with Gasteiger partial charge in [0.05, 0.1) is 0 Å². The Kier molecular flexibility index (Phi) is 7.02. The minimum atomic E-state index is -0.335. The zero-order valence-electron chi connectivity index (χ0n) is 15.9. The summed E-state index contributed by atoms with van der Waals surface area (Å²) in [7, 11) is 0. The summed E-state index contributed by atoms with van der Waals surface area (Å²) in [6.45, 7) is 2.08. The highest BCUT2D eigenvalue weighted by atomic mass is 32.1. The van der Waals surface area contributed by atoms with Crippen molar-refractivity contribution in [3.05, 3.63) is 75.5 Å². The first-order valence-corrected chi connectivity index (χ1v) is 10.0. The smallest absolute Gasteiger partial charge is 0.286 e. The van der Waals surface area contributed by atoms with Gasteiger partial charge in [0.1, 0.15) is 10.8 Å². The van der Waals surface area contributed by atoms with Gasteiger partial charge in [-0.2, -0.15) is 0 Å². The molecule has 6 nitrogen and oxygen atoms in total. The van der Waals surface area contributed by atoms with E-state index in [4.69, 9.17) is 0 Å². The lowest BCUT2D eigenvalue weighted by molar-refractivity contribution is -0.121. The van der Waals surface area contributed by atoms with Crippen LogP contribution >= 0.6 is 11.3 Å². The number of carbonyl (C=O) groups is 2. The molecule has 0 unspecified atom stereocenters. The molecule has 0 aliphatic carbocycles. The summed E-state index contributed by atoms with van der Waals surface area (Å²) in [6.07, 6.45) is 1.40. The van der Waals surface area contributed by atoms with E-state index in [0.29, 0.717) is 29.8 Å². The maximum atomic E-state index is 13.5. The number of aromatic nitrogens is 2. The molecule has 2 N–H and O–H groups in total. The molecule has 150 valence electrons. The van der Waals surface area contributed by atoms with Gasteiger partial charge in [0.2, 0.25) is 10.9 Å². The molecule has 1 aromatic heterocycles. The number of carbonyl (C=O) groups excluding carboxylic acids is 2. The summed E-state index contributed by atoms with van der Waals surface area (Å²) in [6, 6.07) is 13.8. The van der Waals surface area contributed by atoms with E-state index < -0.39 is 0 Å². The summed E-state index contributed by atoms with van der Waals surface area (Å²) < 4.78 is 13.5. The van der Waals surface area contributed by atoms with Crippen LogP contribution in [0.25, 0.3) is 0 Å². The lowest BCUT2D eigenvalue weighted by Gasteiger charge is -2.06. The SMILES string of the molecule is Cc1ccccc1NC(=O)c1nnc(CCCC(=O)NCc2ccccc2F)s1. The lowest BCUT2D eigenvalue weighted by atomic mass is 10.2. The van der Waals surface area contributed by atoms with Gasteiger partial charge in [0.15, 0.2) is 0 Å². The predicted octanol–water partition coefficient (Wildman–Crippen LogP) is 3.88. The molecular formula is C21H21FN4O2S. The van der Waals surface area contributed by atoms with Crippen LogP contribution in [0, 0.1) is 12.7 Å². The van der Waals surface area contributed by atoms with E-state index in [1.807, 2.05) is 31.2 Å². The maximum Gasteiger partial charge on any atom is 0.286 e. The summed E-state index contributed by atoms with van der Waals surface area (Å²) in [5.74, 6) is -0.792. The van der Waals surface area contributed by atoms with E-state index in [1.54, 1.807) is 18.2 Å². The summed E-state index contributed by atoms with van der Waals surface area (Å²) in [5.41, 5.74) is 2.15. The third-order valence-electron chi connectivity index (χ3n) is 4.28. The van der Waals surface area contributed by atoms with Crippen molar-refractivity contribution in [1.29, 1.82) is 0 Å². The monoisotopic (exact) mass is 412 g/mol. The number of hydrogen-bond donors (Lipinski definition) is 2. The van der Waals surface area contributed by atoms with E-state index in [-0.39, 0.29) is 29.2 Å². The molecule has 3 aromatic rings. The van der Waals surface area contributed by atoms with E-state index in [9.17, 15) is 14.0 Å². The van der Waals surface area contributed by atoms with Gasteiger partial charge in [-0.05, 0) is 31.0 Å². The molecule has 0 spiro atoms. The number of para-hydroxylation sites is 1. The Morgan fingerprint density at radius 1 is 1.07 bits per heavy atom. The topological polar surface area (TPSA) is 84.0 Å². The largest absolute Gasteiger partial charge is 0.352 e. The fourth-order valence-corrected chi connectivity index (χ4v) is 3.44. The number of nitrogens with one attached hydrogen (secondary N) is 2. The molecule has 0 aliphatic heterocycles. The van der Waals surface area contributed by atoms with Gasteiger partial charge in [-0.3, -0.25) is 9.59 Å². The fourth-order valence-electron chi connectivity index (χ4n) is 2.66. The van der Waals surface area contributed by atoms with Crippen molar-refractivity contribution >= 4 is 28.8 Å². The number of rotatable bonds is 8.